The topological polar surface area (TPSA) is 84.5 Å². The number of carbonyl (C=O) groups excluding carboxylic acids is 1. The molecule has 3 aromatic rings. The van der Waals surface area contributed by atoms with E-state index in [0.29, 0.717) is 25.4 Å². The maximum Gasteiger partial charge on any atom is 0.271 e. The van der Waals surface area contributed by atoms with Gasteiger partial charge in [0.25, 0.3) is 10.0 Å². The van der Waals surface area contributed by atoms with Crippen LogP contribution in [0.1, 0.15) is 17.5 Å². The van der Waals surface area contributed by atoms with Crippen molar-refractivity contribution in [3.05, 3.63) is 83.2 Å². The summed E-state index contributed by atoms with van der Waals surface area (Å²) in [7, 11) is -3.57. The van der Waals surface area contributed by atoms with E-state index in [1.807, 2.05) is 18.2 Å². The third-order valence-corrected chi connectivity index (χ3v) is 7.28. The maximum absolute atomic E-state index is 12.2. The lowest BCUT2D eigenvalue weighted by Gasteiger charge is -2.08. The van der Waals surface area contributed by atoms with E-state index >= 15 is 0 Å². The summed E-state index contributed by atoms with van der Waals surface area (Å²) in [6, 6.07) is 20.3. The van der Waals surface area contributed by atoms with Crippen LogP contribution < -0.4 is 10.0 Å². The highest BCUT2D eigenvalue weighted by molar-refractivity contribution is 7.94. The Kier molecular flexibility index (Phi) is 8.63. The van der Waals surface area contributed by atoms with E-state index in [1.165, 1.54) is 5.56 Å². The van der Waals surface area contributed by atoms with Gasteiger partial charge >= 0.3 is 0 Å². The first-order chi connectivity index (χ1) is 15.0. The van der Waals surface area contributed by atoms with Gasteiger partial charge in [-0.25, -0.2) is 8.42 Å². The van der Waals surface area contributed by atoms with Gasteiger partial charge in [0, 0.05) is 18.8 Å². The number of hydrogen-bond acceptors (Lipinski definition) is 5. The molecular formula is C23H26N2O4S2. The van der Waals surface area contributed by atoms with Crippen molar-refractivity contribution in [2.75, 3.05) is 24.5 Å². The predicted octanol–water partition coefficient (Wildman–Crippen LogP) is 3.86. The smallest absolute Gasteiger partial charge is 0.271 e. The van der Waals surface area contributed by atoms with Crippen LogP contribution in [0.3, 0.4) is 0 Å². The minimum Gasteiger partial charge on any atom is -0.381 e. The molecule has 164 valence electrons. The second kappa shape index (κ2) is 11.6. The Morgan fingerprint density at radius 3 is 2.39 bits per heavy atom. The Balaban J connectivity index is 1.31. The molecule has 0 fully saturated rings. The number of nitrogens with one attached hydrogen (secondary N) is 2. The van der Waals surface area contributed by atoms with Gasteiger partial charge in [-0.1, -0.05) is 48.5 Å². The lowest BCUT2D eigenvalue weighted by atomic mass is 10.1. The van der Waals surface area contributed by atoms with Gasteiger partial charge in [0.15, 0.2) is 0 Å². The maximum atomic E-state index is 12.2. The summed E-state index contributed by atoms with van der Waals surface area (Å²) < 4.78 is 32.9. The highest BCUT2D eigenvalue weighted by atomic mass is 32.2. The molecular weight excluding hydrogens is 432 g/mol. The summed E-state index contributed by atoms with van der Waals surface area (Å²) in [5.41, 5.74) is 2.53. The number of hydrogen-bond donors (Lipinski definition) is 2. The van der Waals surface area contributed by atoms with E-state index < -0.39 is 10.0 Å². The van der Waals surface area contributed by atoms with E-state index in [2.05, 4.69) is 22.2 Å². The monoisotopic (exact) mass is 458 g/mol. The van der Waals surface area contributed by atoms with Crippen molar-refractivity contribution in [2.24, 2.45) is 0 Å². The van der Waals surface area contributed by atoms with Crippen LogP contribution in [0, 0.1) is 0 Å². The van der Waals surface area contributed by atoms with Crippen molar-refractivity contribution >= 4 is 33.0 Å². The van der Waals surface area contributed by atoms with Crippen LogP contribution in [-0.4, -0.2) is 34.1 Å². The van der Waals surface area contributed by atoms with Crippen LogP contribution in [-0.2, 0) is 32.4 Å². The molecule has 0 aliphatic heterocycles. The van der Waals surface area contributed by atoms with Crippen molar-refractivity contribution in [1.29, 1.82) is 0 Å². The van der Waals surface area contributed by atoms with Crippen molar-refractivity contribution < 1.29 is 17.9 Å². The van der Waals surface area contributed by atoms with Crippen molar-refractivity contribution in [3.63, 3.8) is 0 Å². The van der Waals surface area contributed by atoms with Crippen LogP contribution in [0.4, 0.5) is 5.69 Å². The van der Waals surface area contributed by atoms with Gasteiger partial charge in [-0.2, -0.15) is 0 Å². The van der Waals surface area contributed by atoms with Gasteiger partial charge in [0.2, 0.25) is 5.91 Å². The largest absolute Gasteiger partial charge is 0.381 e. The standard InChI is InChI=1S/C23H26N2O4S2/c26-22(24-14-5-15-29-16-13-19-6-2-1-3-7-19)18-20-9-11-21(12-10-20)25-31(27,28)23-8-4-17-30-23/h1-4,6-12,17,25H,5,13-16,18H2,(H,24,26). The lowest BCUT2D eigenvalue weighted by Crippen LogP contribution is -2.26. The van der Waals surface area contributed by atoms with E-state index in [9.17, 15) is 13.2 Å². The summed E-state index contributed by atoms with van der Waals surface area (Å²) in [4.78, 5) is 12.1. The van der Waals surface area contributed by atoms with Crippen LogP contribution in [0.25, 0.3) is 0 Å². The number of anilines is 1. The molecule has 0 radical (unpaired) electrons. The number of amides is 1. The summed E-state index contributed by atoms with van der Waals surface area (Å²) in [6.45, 7) is 1.83. The van der Waals surface area contributed by atoms with E-state index in [4.69, 9.17) is 4.74 Å². The summed E-state index contributed by atoms with van der Waals surface area (Å²) >= 11 is 1.16. The fraction of sp³-hybridized carbons (Fsp3) is 0.261. The molecule has 3 rings (SSSR count). The molecule has 0 spiro atoms. The first-order valence-corrected chi connectivity index (χ1v) is 12.4. The zero-order valence-electron chi connectivity index (χ0n) is 17.1. The summed E-state index contributed by atoms with van der Waals surface area (Å²) in [5.74, 6) is -0.0730. The molecule has 6 nitrogen and oxygen atoms in total. The fourth-order valence-corrected chi connectivity index (χ4v) is 4.95. The van der Waals surface area contributed by atoms with Gasteiger partial charge in [-0.05, 0) is 47.5 Å². The molecule has 2 N–H and O–H groups in total. The third-order valence-electron chi connectivity index (χ3n) is 4.50. The first-order valence-electron chi connectivity index (χ1n) is 10.1. The van der Waals surface area contributed by atoms with Crippen LogP contribution in [0.2, 0.25) is 0 Å². The van der Waals surface area contributed by atoms with Gasteiger partial charge in [0.05, 0.1) is 13.0 Å². The van der Waals surface area contributed by atoms with Gasteiger partial charge in [-0.3, -0.25) is 9.52 Å². The van der Waals surface area contributed by atoms with E-state index in [0.717, 1.165) is 29.7 Å². The molecule has 0 saturated carbocycles. The zero-order chi connectivity index (χ0) is 21.9. The molecule has 0 aliphatic carbocycles. The Morgan fingerprint density at radius 1 is 0.903 bits per heavy atom. The lowest BCUT2D eigenvalue weighted by molar-refractivity contribution is -0.120. The van der Waals surface area contributed by atoms with Crippen molar-refractivity contribution in [3.8, 4) is 0 Å². The second-order valence-electron chi connectivity index (χ2n) is 6.96. The molecule has 0 aliphatic rings. The average molecular weight is 459 g/mol. The van der Waals surface area contributed by atoms with Gasteiger partial charge in [-0.15, -0.1) is 11.3 Å². The minimum absolute atomic E-state index is 0.0730. The normalized spacial score (nSPS) is 11.2. The number of sulfonamides is 1. The Morgan fingerprint density at radius 2 is 1.68 bits per heavy atom. The minimum atomic E-state index is -3.57. The molecule has 1 heterocycles. The number of benzene rings is 2. The van der Waals surface area contributed by atoms with Crippen molar-refractivity contribution in [1.82, 2.24) is 5.32 Å². The Hall–Kier alpha value is -2.68. The molecule has 8 heteroatoms. The van der Waals surface area contributed by atoms with Crippen LogP contribution >= 0.6 is 11.3 Å². The molecule has 1 aromatic heterocycles. The molecule has 31 heavy (non-hydrogen) atoms. The predicted molar refractivity (Wildman–Crippen MR) is 124 cm³/mol. The van der Waals surface area contributed by atoms with Gasteiger partial charge in [0.1, 0.15) is 4.21 Å². The van der Waals surface area contributed by atoms with E-state index in [-0.39, 0.29) is 16.5 Å². The molecule has 2 aromatic carbocycles. The quantitative estimate of drug-likeness (QED) is 0.404. The Labute approximate surface area is 187 Å². The van der Waals surface area contributed by atoms with Crippen molar-refractivity contribution in [2.45, 2.75) is 23.5 Å². The summed E-state index contributed by atoms with van der Waals surface area (Å²) in [5, 5.41) is 4.60. The molecule has 0 bridgehead atoms. The fourth-order valence-electron chi connectivity index (χ4n) is 2.90. The van der Waals surface area contributed by atoms with Gasteiger partial charge < -0.3 is 10.1 Å². The number of thiophene rings is 1. The number of carbonyl (C=O) groups is 1. The van der Waals surface area contributed by atoms with E-state index in [1.54, 1.807) is 41.8 Å². The Bertz CT molecular complexity index is 1030. The molecule has 0 saturated heterocycles. The number of rotatable bonds is 12. The number of ether oxygens (including phenoxy) is 1. The third kappa shape index (κ3) is 7.82. The molecule has 0 atom stereocenters. The zero-order valence-corrected chi connectivity index (χ0v) is 18.8. The van der Waals surface area contributed by atoms with Crippen LogP contribution in [0.5, 0.6) is 0 Å². The molecule has 0 unspecified atom stereocenters. The molecule has 1 amide bonds. The highest BCUT2D eigenvalue weighted by Gasteiger charge is 2.15. The average Bonchev–Trinajstić information content (AvgIpc) is 3.31. The van der Waals surface area contributed by atoms with Crippen LogP contribution in [0.15, 0.2) is 76.3 Å². The SMILES string of the molecule is O=C(Cc1ccc(NS(=O)(=O)c2cccs2)cc1)NCCCOCCc1ccccc1. The highest BCUT2D eigenvalue weighted by Crippen LogP contribution is 2.20. The first kappa shape index (κ1) is 23.0. The summed E-state index contributed by atoms with van der Waals surface area (Å²) in [6.07, 6.45) is 1.88. The second-order valence-corrected chi connectivity index (χ2v) is 9.82.